The molecule has 1 saturated carbocycles. The van der Waals surface area contributed by atoms with E-state index in [9.17, 15) is 4.79 Å². The molecule has 0 spiro atoms. The summed E-state index contributed by atoms with van der Waals surface area (Å²) in [5.41, 5.74) is 7.77. The second-order valence-corrected chi connectivity index (χ2v) is 5.28. The number of halogens is 2. The predicted octanol–water partition coefficient (Wildman–Crippen LogP) is 2.27. The van der Waals surface area contributed by atoms with Crippen LogP contribution in [-0.2, 0) is 4.79 Å². The number of anilines is 1. The van der Waals surface area contributed by atoms with Crippen molar-refractivity contribution in [1.82, 2.24) is 5.32 Å². The van der Waals surface area contributed by atoms with E-state index in [4.69, 9.17) is 5.73 Å². The number of hydrogen-bond donors (Lipinski definition) is 2. The average molecular weight is 334 g/mol. The van der Waals surface area contributed by atoms with Crippen molar-refractivity contribution >= 4 is 36.4 Å². The van der Waals surface area contributed by atoms with Gasteiger partial charge in [0, 0.05) is 25.3 Å². The van der Waals surface area contributed by atoms with Crippen molar-refractivity contribution in [2.45, 2.75) is 32.2 Å². The predicted molar refractivity (Wildman–Crippen MR) is 92.7 cm³/mol. The van der Waals surface area contributed by atoms with Crippen LogP contribution in [0.15, 0.2) is 24.3 Å². The fraction of sp³-hybridized carbons (Fsp3) is 0.533. The second kappa shape index (κ2) is 8.47. The molecule has 2 rings (SSSR count). The summed E-state index contributed by atoms with van der Waals surface area (Å²) in [6, 6.07) is 8.31. The highest BCUT2D eigenvalue weighted by Crippen LogP contribution is 2.31. The summed E-state index contributed by atoms with van der Waals surface area (Å²) in [6.45, 7) is 6.60. The molecule has 0 saturated heterocycles. The molecule has 120 valence electrons. The number of carbonyl (C=O) groups excluding carboxylic acids is 1. The van der Waals surface area contributed by atoms with Crippen molar-refractivity contribution in [3.05, 3.63) is 29.8 Å². The number of rotatable bonds is 6. The number of nitrogens with two attached hydrogens (primary N) is 1. The number of nitrogens with zero attached hydrogens (tertiary/aromatic N) is 1. The lowest BCUT2D eigenvalue weighted by Crippen LogP contribution is -2.45. The first-order valence-electron chi connectivity index (χ1n) is 6.94. The minimum atomic E-state index is -0.570. The largest absolute Gasteiger partial charge is 0.370 e. The van der Waals surface area contributed by atoms with Crippen LogP contribution in [0.5, 0.6) is 0 Å². The van der Waals surface area contributed by atoms with E-state index in [0.717, 1.165) is 25.9 Å². The van der Waals surface area contributed by atoms with Crippen LogP contribution in [0.3, 0.4) is 0 Å². The minimum absolute atomic E-state index is 0. The summed E-state index contributed by atoms with van der Waals surface area (Å²) in [6.07, 6.45) is 1.63. The van der Waals surface area contributed by atoms with Gasteiger partial charge in [0.15, 0.2) is 0 Å². The average Bonchev–Trinajstić information content (AvgIpc) is 3.15. The number of carbonyl (C=O) groups is 1. The maximum atomic E-state index is 11.7. The first-order chi connectivity index (χ1) is 9.07. The van der Waals surface area contributed by atoms with Gasteiger partial charge >= 0.3 is 0 Å². The number of hydrogen-bond acceptors (Lipinski definition) is 3. The van der Waals surface area contributed by atoms with E-state index in [1.54, 1.807) is 0 Å². The molecule has 0 aliphatic heterocycles. The zero-order chi connectivity index (χ0) is 13.9. The smallest absolute Gasteiger partial charge is 0.240 e. The summed E-state index contributed by atoms with van der Waals surface area (Å²) in [4.78, 5) is 14.0. The quantitative estimate of drug-likeness (QED) is 0.839. The third kappa shape index (κ3) is 5.06. The van der Waals surface area contributed by atoms with E-state index in [-0.39, 0.29) is 30.7 Å². The molecule has 0 atom stereocenters. The Morgan fingerprint density at radius 2 is 1.95 bits per heavy atom. The van der Waals surface area contributed by atoms with Crippen LogP contribution < -0.4 is 16.0 Å². The number of para-hydroxylation sites is 1. The molecular weight excluding hydrogens is 309 g/mol. The zero-order valence-corrected chi connectivity index (χ0v) is 14.2. The summed E-state index contributed by atoms with van der Waals surface area (Å²) in [5, 5.41) is 2.93. The summed E-state index contributed by atoms with van der Waals surface area (Å²) >= 11 is 0. The van der Waals surface area contributed by atoms with Gasteiger partial charge in [-0.1, -0.05) is 18.2 Å². The Labute approximate surface area is 139 Å². The molecule has 1 amide bonds. The third-order valence-electron chi connectivity index (χ3n) is 3.75. The maximum absolute atomic E-state index is 11.7. The van der Waals surface area contributed by atoms with Gasteiger partial charge in [0.1, 0.15) is 0 Å². The molecule has 0 aromatic heterocycles. The molecule has 21 heavy (non-hydrogen) atoms. The van der Waals surface area contributed by atoms with E-state index in [2.05, 4.69) is 36.2 Å². The molecule has 4 nitrogen and oxygen atoms in total. The molecule has 1 aliphatic carbocycles. The fourth-order valence-corrected chi connectivity index (χ4v) is 2.21. The highest BCUT2D eigenvalue weighted by Gasteiger charge is 2.45. The van der Waals surface area contributed by atoms with Crippen LogP contribution >= 0.6 is 24.8 Å². The maximum Gasteiger partial charge on any atom is 0.240 e. The standard InChI is InChI=1S/C15H23N3O.2ClH/c1-3-18(13-7-5-4-6-12(13)2)11-10-17-14(19)15(16)8-9-15;;/h4-7H,3,8-11,16H2,1-2H3,(H,17,19);2*1H. The number of aryl methyl sites for hydroxylation is 1. The van der Waals surface area contributed by atoms with Crippen molar-refractivity contribution in [3.63, 3.8) is 0 Å². The Kier molecular flexibility index (Phi) is 8.08. The number of nitrogens with one attached hydrogen (secondary N) is 1. The van der Waals surface area contributed by atoms with Gasteiger partial charge in [0.05, 0.1) is 5.54 Å². The highest BCUT2D eigenvalue weighted by atomic mass is 35.5. The van der Waals surface area contributed by atoms with Gasteiger partial charge in [-0.2, -0.15) is 0 Å². The second-order valence-electron chi connectivity index (χ2n) is 5.28. The lowest BCUT2D eigenvalue weighted by atomic mass is 10.2. The van der Waals surface area contributed by atoms with Gasteiger partial charge in [-0.15, -0.1) is 24.8 Å². The van der Waals surface area contributed by atoms with Crippen molar-refractivity contribution < 1.29 is 4.79 Å². The molecule has 1 aromatic rings. The highest BCUT2D eigenvalue weighted by molar-refractivity contribution is 5.89. The third-order valence-corrected chi connectivity index (χ3v) is 3.75. The van der Waals surface area contributed by atoms with E-state index in [1.165, 1.54) is 11.3 Å². The van der Waals surface area contributed by atoms with Gasteiger partial charge in [-0.25, -0.2) is 0 Å². The summed E-state index contributed by atoms with van der Waals surface area (Å²) in [7, 11) is 0. The van der Waals surface area contributed by atoms with E-state index in [0.29, 0.717) is 6.54 Å². The molecule has 0 heterocycles. The van der Waals surface area contributed by atoms with Gasteiger partial charge in [-0.05, 0) is 38.3 Å². The first-order valence-corrected chi connectivity index (χ1v) is 6.94. The van der Waals surface area contributed by atoms with E-state index < -0.39 is 5.54 Å². The fourth-order valence-electron chi connectivity index (χ4n) is 2.21. The van der Waals surface area contributed by atoms with Crippen molar-refractivity contribution in [1.29, 1.82) is 0 Å². The Hall–Kier alpha value is -0.970. The van der Waals surface area contributed by atoms with Crippen LogP contribution in [0.1, 0.15) is 25.3 Å². The van der Waals surface area contributed by atoms with Gasteiger partial charge in [-0.3, -0.25) is 4.79 Å². The van der Waals surface area contributed by atoms with Crippen molar-refractivity contribution in [3.8, 4) is 0 Å². The van der Waals surface area contributed by atoms with Crippen LogP contribution in [0.4, 0.5) is 5.69 Å². The van der Waals surface area contributed by atoms with Crippen LogP contribution in [-0.4, -0.2) is 31.1 Å². The summed E-state index contributed by atoms with van der Waals surface area (Å²) in [5.74, 6) is -0.00617. The van der Waals surface area contributed by atoms with Crippen LogP contribution in [0.25, 0.3) is 0 Å². The summed E-state index contributed by atoms with van der Waals surface area (Å²) < 4.78 is 0. The normalized spacial score (nSPS) is 14.4. The van der Waals surface area contributed by atoms with Crippen molar-refractivity contribution in [2.24, 2.45) is 5.73 Å². The topological polar surface area (TPSA) is 58.4 Å². The molecular formula is C15H25Cl2N3O. The monoisotopic (exact) mass is 333 g/mol. The molecule has 0 bridgehead atoms. The van der Waals surface area contributed by atoms with Gasteiger partial charge in [0.2, 0.25) is 5.91 Å². The van der Waals surface area contributed by atoms with Crippen LogP contribution in [0.2, 0.25) is 0 Å². The molecule has 1 aliphatic rings. The van der Waals surface area contributed by atoms with E-state index in [1.807, 2.05) is 12.1 Å². The SMILES string of the molecule is CCN(CCNC(=O)C1(N)CC1)c1ccccc1C.Cl.Cl. The Morgan fingerprint density at radius 3 is 2.48 bits per heavy atom. The lowest BCUT2D eigenvalue weighted by Gasteiger charge is -2.25. The first kappa shape index (κ1) is 20.0. The Morgan fingerprint density at radius 1 is 1.33 bits per heavy atom. The van der Waals surface area contributed by atoms with Crippen LogP contribution in [0, 0.1) is 6.92 Å². The molecule has 0 radical (unpaired) electrons. The number of likely N-dealkylation sites (N-methyl/N-ethyl adjacent to an activating group) is 1. The van der Waals surface area contributed by atoms with Gasteiger partial charge < -0.3 is 16.0 Å². The number of amides is 1. The molecule has 1 fully saturated rings. The molecule has 3 N–H and O–H groups in total. The van der Waals surface area contributed by atoms with E-state index >= 15 is 0 Å². The Balaban J connectivity index is 0.00000200. The molecule has 6 heteroatoms. The van der Waals surface area contributed by atoms with Gasteiger partial charge in [0.25, 0.3) is 0 Å². The Bertz CT molecular complexity index is 464. The minimum Gasteiger partial charge on any atom is -0.370 e. The van der Waals surface area contributed by atoms with Crippen molar-refractivity contribution in [2.75, 3.05) is 24.5 Å². The molecule has 0 unspecified atom stereocenters. The zero-order valence-electron chi connectivity index (χ0n) is 12.6. The molecule has 1 aromatic carbocycles. The number of benzene rings is 1. The lowest BCUT2D eigenvalue weighted by molar-refractivity contribution is -0.123.